The quantitative estimate of drug-likeness (QED) is 0.125. The van der Waals surface area contributed by atoms with E-state index >= 15 is 0 Å². The topological polar surface area (TPSA) is 187 Å². The average molecular weight is 519 g/mol. The minimum atomic E-state index is -0.879. The molecule has 0 aliphatic carbocycles. The highest BCUT2D eigenvalue weighted by Crippen LogP contribution is 2.17. The Hall–Kier alpha value is -4.01. The number of non-ortho nitro benzene ring substituents is 2. The lowest BCUT2D eigenvalue weighted by atomic mass is 10.3. The van der Waals surface area contributed by atoms with Gasteiger partial charge in [0.05, 0.1) is 23.1 Å². The van der Waals surface area contributed by atoms with Crippen LogP contribution in [0.2, 0.25) is 0 Å². The van der Waals surface area contributed by atoms with E-state index in [0.717, 1.165) is 0 Å². The standard InChI is InChI=1S/C10H11NO6.C6H5NO3.C4H7ClO3/c1-15-6-7-16-10(12)17-9-4-2-8(3-5-9)11(13)14;8-6-3-1-5(2-4-6)7(9)10;1-7-2-3-8-4(5)6/h2-5H,6-7H2,1H3;1-4,8H;2-3H2,1H3. The number of nitro groups is 2. The minimum Gasteiger partial charge on any atom is -0.508 e. The molecule has 1 N–H and O–H groups in total. The molecule has 0 amide bonds. The summed E-state index contributed by atoms with van der Waals surface area (Å²) in [5.41, 5.74) is -0.884. The van der Waals surface area contributed by atoms with Crippen LogP contribution < -0.4 is 4.74 Å². The highest BCUT2D eigenvalue weighted by molar-refractivity contribution is 6.61. The number of carbonyl (C=O) groups excluding carboxylic acids is 2. The Labute approximate surface area is 204 Å². The predicted octanol–water partition coefficient (Wildman–Crippen LogP) is 4.07. The molecule has 0 heterocycles. The summed E-state index contributed by atoms with van der Waals surface area (Å²) in [4.78, 5) is 40.2. The fourth-order valence-electron chi connectivity index (χ4n) is 1.75. The summed E-state index contributed by atoms with van der Waals surface area (Å²) in [7, 11) is 2.99. The van der Waals surface area contributed by atoms with E-state index in [-0.39, 0.29) is 42.7 Å². The van der Waals surface area contributed by atoms with E-state index < -0.39 is 21.4 Å². The van der Waals surface area contributed by atoms with Gasteiger partial charge in [0.2, 0.25) is 0 Å². The second-order valence-corrected chi connectivity index (χ2v) is 6.11. The van der Waals surface area contributed by atoms with Gasteiger partial charge in [0.25, 0.3) is 11.4 Å². The van der Waals surface area contributed by atoms with Crippen molar-refractivity contribution in [1.29, 1.82) is 0 Å². The van der Waals surface area contributed by atoms with Gasteiger partial charge >= 0.3 is 11.6 Å². The molecule has 0 bridgehead atoms. The summed E-state index contributed by atoms with van der Waals surface area (Å²) in [6.45, 7) is 0.967. The maximum absolute atomic E-state index is 11.1. The zero-order valence-corrected chi connectivity index (χ0v) is 19.4. The van der Waals surface area contributed by atoms with Crippen molar-refractivity contribution in [2.75, 3.05) is 40.6 Å². The van der Waals surface area contributed by atoms with Gasteiger partial charge < -0.3 is 28.8 Å². The van der Waals surface area contributed by atoms with E-state index in [0.29, 0.717) is 6.61 Å². The third kappa shape index (κ3) is 16.3. The number of nitro benzene ring substituents is 2. The lowest BCUT2D eigenvalue weighted by Gasteiger charge is -2.04. The normalized spacial score (nSPS) is 9.34. The second-order valence-electron chi connectivity index (χ2n) is 5.80. The summed E-state index contributed by atoms with van der Waals surface area (Å²) >= 11 is 4.80. The van der Waals surface area contributed by atoms with Crippen LogP contribution >= 0.6 is 11.6 Å². The first-order valence-electron chi connectivity index (χ1n) is 9.43. The van der Waals surface area contributed by atoms with Gasteiger partial charge in [-0.05, 0) is 24.3 Å². The number of ether oxygens (including phenoxy) is 5. The van der Waals surface area contributed by atoms with Crippen LogP contribution in [0.1, 0.15) is 0 Å². The molecule has 0 aromatic heterocycles. The lowest BCUT2D eigenvalue weighted by molar-refractivity contribution is -0.385. The third-order valence-electron chi connectivity index (χ3n) is 3.32. The first kappa shape index (κ1) is 31.0. The van der Waals surface area contributed by atoms with Crippen molar-refractivity contribution in [3.05, 3.63) is 68.8 Å². The maximum Gasteiger partial charge on any atom is 0.513 e. The number of aromatic hydroxyl groups is 1. The van der Waals surface area contributed by atoms with Gasteiger partial charge in [-0.15, -0.1) is 0 Å². The minimum absolute atomic E-state index is 0.0159. The van der Waals surface area contributed by atoms with Crippen LogP contribution in [0.4, 0.5) is 21.0 Å². The number of methoxy groups -OCH3 is 2. The SMILES string of the molecule is COCCOC(=O)Cl.COCCOC(=O)Oc1ccc([N+](=O)[O-])cc1.O=[N+]([O-])c1ccc(O)cc1. The molecule has 2 aromatic rings. The highest BCUT2D eigenvalue weighted by Gasteiger charge is 2.08. The van der Waals surface area contributed by atoms with Gasteiger partial charge in [0.15, 0.2) is 0 Å². The van der Waals surface area contributed by atoms with Gasteiger partial charge in [-0.1, -0.05) is 0 Å². The van der Waals surface area contributed by atoms with E-state index in [1.165, 1.54) is 62.8 Å². The molecule has 192 valence electrons. The van der Waals surface area contributed by atoms with Crippen LogP contribution in [0.15, 0.2) is 48.5 Å². The van der Waals surface area contributed by atoms with Gasteiger partial charge in [0, 0.05) is 50.1 Å². The zero-order chi connectivity index (χ0) is 26.6. The molecule has 14 nitrogen and oxygen atoms in total. The molecular formula is C20H23ClN2O12. The summed E-state index contributed by atoms with van der Waals surface area (Å²) in [5.74, 6) is 0.212. The first-order chi connectivity index (χ1) is 16.6. The van der Waals surface area contributed by atoms with Crippen LogP contribution in [0.25, 0.3) is 0 Å². The molecule has 0 fully saturated rings. The Morgan fingerprint density at radius 1 is 0.800 bits per heavy atom. The van der Waals surface area contributed by atoms with Crippen LogP contribution in [-0.2, 0) is 18.9 Å². The van der Waals surface area contributed by atoms with Gasteiger partial charge in [-0.2, -0.15) is 0 Å². The molecule has 0 unspecified atom stereocenters. The Kier molecular flexibility index (Phi) is 16.3. The van der Waals surface area contributed by atoms with E-state index in [2.05, 4.69) is 18.9 Å². The number of benzene rings is 2. The number of nitrogens with zero attached hydrogens (tertiary/aromatic N) is 2. The van der Waals surface area contributed by atoms with Crippen molar-refractivity contribution < 1.29 is 48.2 Å². The molecule has 15 heteroatoms. The summed E-state index contributed by atoms with van der Waals surface area (Å²) in [6, 6.07) is 10.1. The number of hydrogen-bond donors (Lipinski definition) is 1. The van der Waals surface area contributed by atoms with Crippen LogP contribution in [0, 0.1) is 20.2 Å². The van der Waals surface area contributed by atoms with Crippen molar-refractivity contribution >= 4 is 34.6 Å². The molecule has 35 heavy (non-hydrogen) atoms. The Balaban J connectivity index is 0.000000545. The Morgan fingerprint density at radius 3 is 1.63 bits per heavy atom. The van der Waals surface area contributed by atoms with Crippen molar-refractivity contribution in [2.24, 2.45) is 0 Å². The fraction of sp³-hybridized carbons (Fsp3) is 0.300. The number of halogens is 1. The second kappa shape index (κ2) is 18.4. The number of phenolic OH excluding ortho intramolecular Hbond substituents is 1. The largest absolute Gasteiger partial charge is 0.513 e. The molecule has 0 spiro atoms. The molecule has 0 aliphatic rings. The summed E-state index contributed by atoms with van der Waals surface area (Å²) in [5, 5.41) is 29.1. The maximum atomic E-state index is 11.1. The number of carbonyl (C=O) groups is 2. The molecule has 0 saturated carbocycles. The first-order valence-corrected chi connectivity index (χ1v) is 9.81. The predicted molar refractivity (Wildman–Crippen MR) is 121 cm³/mol. The van der Waals surface area contributed by atoms with Gasteiger partial charge in [-0.25, -0.2) is 9.59 Å². The Morgan fingerprint density at radius 2 is 1.23 bits per heavy atom. The smallest absolute Gasteiger partial charge is 0.508 e. The molecule has 0 saturated heterocycles. The van der Waals surface area contributed by atoms with E-state index in [4.69, 9.17) is 21.4 Å². The van der Waals surface area contributed by atoms with Gasteiger partial charge in [0.1, 0.15) is 24.7 Å². The molecule has 0 aliphatic heterocycles. The summed E-state index contributed by atoms with van der Waals surface area (Å²) < 4.78 is 22.9. The van der Waals surface area contributed by atoms with Crippen molar-refractivity contribution in [3.63, 3.8) is 0 Å². The van der Waals surface area contributed by atoms with Crippen LogP contribution in [0.5, 0.6) is 11.5 Å². The van der Waals surface area contributed by atoms with Crippen LogP contribution in [0.3, 0.4) is 0 Å². The molecule has 2 aromatic carbocycles. The van der Waals surface area contributed by atoms with Crippen LogP contribution in [-0.4, -0.2) is 67.2 Å². The fourth-order valence-corrected chi connectivity index (χ4v) is 1.83. The lowest BCUT2D eigenvalue weighted by Crippen LogP contribution is -2.13. The van der Waals surface area contributed by atoms with Gasteiger partial charge in [-0.3, -0.25) is 20.2 Å². The highest BCUT2D eigenvalue weighted by atomic mass is 35.5. The van der Waals surface area contributed by atoms with E-state index in [1.807, 2.05) is 0 Å². The Bertz CT molecular complexity index is 923. The molecule has 2 rings (SSSR count). The third-order valence-corrected chi connectivity index (χ3v) is 3.43. The average Bonchev–Trinajstić information content (AvgIpc) is 2.81. The van der Waals surface area contributed by atoms with Crippen molar-refractivity contribution in [2.45, 2.75) is 0 Å². The molecular weight excluding hydrogens is 496 g/mol. The van der Waals surface area contributed by atoms with Crippen molar-refractivity contribution in [3.8, 4) is 11.5 Å². The van der Waals surface area contributed by atoms with E-state index in [1.54, 1.807) is 0 Å². The molecule has 0 radical (unpaired) electrons. The zero-order valence-electron chi connectivity index (χ0n) is 18.7. The number of phenols is 1. The monoisotopic (exact) mass is 518 g/mol. The van der Waals surface area contributed by atoms with Crippen molar-refractivity contribution in [1.82, 2.24) is 0 Å². The van der Waals surface area contributed by atoms with E-state index in [9.17, 15) is 29.8 Å². The molecule has 0 atom stereocenters. The number of rotatable bonds is 9. The summed E-state index contributed by atoms with van der Waals surface area (Å²) in [6.07, 6.45) is -0.879. The number of hydrogen-bond acceptors (Lipinski definition) is 12.